The maximum absolute atomic E-state index is 11.1. The quantitative estimate of drug-likeness (QED) is 0.501. The van der Waals surface area contributed by atoms with E-state index in [4.69, 9.17) is 10.1 Å². The number of anilines is 2. The molecule has 134 valence electrons. The topological polar surface area (TPSA) is 86.9 Å². The van der Waals surface area contributed by atoms with Gasteiger partial charge in [0.15, 0.2) is 0 Å². The van der Waals surface area contributed by atoms with Gasteiger partial charge in [-0.2, -0.15) is 0 Å². The summed E-state index contributed by atoms with van der Waals surface area (Å²) in [6, 6.07) is 17.4. The zero-order valence-corrected chi connectivity index (χ0v) is 14.5. The van der Waals surface area contributed by atoms with Crippen molar-refractivity contribution in [3.8, 4) is 17.0 Å². The van der Waals surface area contributed by atoms with Crippen molar-refractivity contribution in [1.29, 1.82) is 0 Å². The number of hydrogen-bond donors (Lipinski definition) is 3. The molecule has 0 aliphatic rings. The summed E-state index contributed by atoms with van der Waals surface area (Å²) in [5.41, 5.74) is 4.45. The van der Waals surface area contributed by atoms with Gasteiger partial charge in [0.05, 0.1) is 5.56 Å². The monoisotopic (exact) mass is 359 g/mol. The number of carbonyl (C=O) groups is 1. The van der Waals surface area contributed by atoms with Crippen LogP contribution in [0.1, 0.15) is 15.9 Å². The number of benzene rings is 2. The molecule has 2 aromatic heterocycles. The van der Waals surface area contributed by atoms with E-state index >= 15 is 0 Å². The van der Waals surface area contributed by atoms with E-state index in [9.17, 15) is 9.90 Å². The Hall–Kier alpha value is -3.80. The van der Waals surface area contributed by atoms with Gasteiger partial charge in [0.1, 0.15) is 22.9 Å². The van der Waals surface area contributed by atoms with Gasteiger partial charge < -0.3 is 15.5 Å². The van der Waals surface area contributed by atoms with E-state index in [0.717, 1.165) is 34.0 Å². The van der Waals surface area contributed by atoms with Crippen molar-refractivity contribution in [2.75, 3.05) is 5.32 Å². The lowest BCUT2D eigenvalue weighted by atomic mass is 10.1. The second kappa shape index (κ2) is 6.49. The molecule has 6 heteroatoms. The summed E-state index contributed by atoms with van der Waals surface area (Å²) in [6.07, 6.45) is 1.92. The molecule has 4 aromatic rings. The molecule has 2 heterocycles. The number of aromatic nitrogens is 2. The van der Waals surface area contributed by atoms with E-state index in [1.807, 2.05) is 41.8 Å². The van der Waals surface area contributed by atoms with Gasteiger partial charge in [-0.05, 0) is 67.1 Å². The van der Waals surface area contributed by atoms with Gasteiger partial charge in [-0.15, -0.1) is 0 Å². The van der Waals surface area contributed by atoms with Crippen LogP contribution >= 0.6 is 0 Å². The number of imidazole rings is 1. The van der Waals surface area contributed by atoms with Crippen LogP contribution in [-0.4, -0.2) is 25.6 Å². The number of phenolic OH excluding ortho intramolecular Hbond substituents is 1. The van der Waals surface area contributed by atoms with Gasteiger partial charge in [-0.1, -0.05) is 6.07 Å². The number of hydrogen-bond acceptors (Lipinski definition) is 4. The molecule has 4 rings (SSSR count). The minimum absolute atomic E-state index is 0.192. The number of rotatable bonds is 4. The van der Waals surface area contributed by atoms with Gasteiger partial charge in [0, 0.05) is 17.4 Å². The normalized spacial score (nSPS) is 10.9. The highest BCUT2D eigenvalue weighted by atomic mass is 16.4. The van der Waals surface area contributed by atoms with Gasteiger partial charge >= 0.3 is 5.97 Å². The highest BCUT2D eigenvalue weighted by Gasteiger charge is 2.16. The number of phenols is 1. The first-order valence-corrected chi connectivity index (χ1v) is 8.40. The lowest BCUT2D eigenvalue weighted by Crippen LogP contribution is -1.99. The van der Waals surface area contributed by atoms with Crippen molar-refractivity contribution in [1.82, 2.24) is 9.38 Å². The molecule has 0 radical (unpaired) electrons. The molecule has 0 saturated heterocycles. The maximum Gasteiger partial charge on any atom is 0.335 e. The Morgan fingerprint density at radius 2 is 1.74 bits per heavy atom. The Balaban J connectivity index is 1.84. The third-order valence-electron chi connectivity index (χ3n) is 4.38. The number of nitrogens with one attached hydrogen (secondary N) is 1. The van der Waals surface area contributed by atoms with Crippen LogP contribution < -0.4 is 5.32 Å². The second-order valence-electron chi connectivity index (χ2n) is 6.25. The number of carboxylic acid groups (broad SMARTS) is 1. The molecular formula is C21H17N3O3. The minimum Gasteiger partial charge on any atom is -0.508 e. The summed E-state index contributed by atoms with van der Waals surface area (Å²) in [6.45, 7) is 1.99. The number of aryl methyl sites for hydroxylation is 1. The van der Waals surface area contributed by atoms with Crippen LogP contribution in [0.15, 0.2) is 66.9 Å². The summed E-state index contributed by atoms with van der Waals surface area (Å²) in [5.74, 6) is -0.00307. The summed E-state index contributed by atoms with van der Waals surface area (Å²) >= 11 is 0. The predicted molar refractivity (Wildman–Crippen MR) is 104 cm³/mol. The summed E-state index contributed by atoms with van der Waals surface area (Å²) in [7, 11) is 0. The van der Waals surface area contributed by atoms with Gasteiger partial charge in [-0.3, -0.25) is 4.40 Å². The Labute approximate surface area is 155 Å². The Morgan fingerprint density at radius 1 is 1.04 bits per heavy atom. The van der Waals surface area contributed by atoms with E-state index < -0.39 is 5.97 Å². The molecule has 6 nitrogen and oxygen atoms in total. The van der Waals surface area contributed by atoms with Crippen LogP contribution in [0.25, 0.3) is 16.9 Å². The van der Waals surface area contributed by atoms with Crippen molar-refractivity contribution in [2.24, 2.45) is 0 Å². The smallest absolute Gasteiger partial charge is 0.335 e. The van der Waals surface area contributed by atoms with Crippen molar-refractivity contribution >= 4 is 23.1 Å². The molecule has 0 unspecified atom stereocenters. The van der Waals surface area contributed by atoms with Gasteiger partial charge in [0.2, 0.25) is 0 Å². The zero-order chi connectivity index (χ0) is 19.0. The Morgan fingerprint density at radius 3 is 2.41 bits per heavy atom. The lowest BCUT2D eigenvalue weighted by molar-refractivity contribution is 0.0697. The molecule has 3 N–H and O–H groups in total. The molecule has 2 aromatic carbocycles. The van der Waals surface area contributed by atoms with E-state index in [1.165, 1.54) is 0 Å². The first-order valence-electron chi connectivity index (χ1n) is 8.40. The van der Waals surface area contributed by atoms with Crippen molar-refractivity contribution in [3.05, 3.63) is 78.0 Å². The highest BCUT2D eigenvalue weighted by molar-refractivity contribution is 5.88. The van der Waals surface area contributed by atoms with Crippen molar-refractivity contribution in [2.45, 2.75) is 6.92 Å². The Bertz CT molecular complexity index is 1130. The maximum atomic E-state index is 11.1. The molecule has 0 bridgehead atoms. The molecule has 0 aliphatic carbocycles. The van der Waals surface area contributed by atoms with Crippen LogP contribution in [0, 0.1) is 6.92 Å². The van der Waals surface area contributed by atoms with Crippen LogP contribution in [0.4, 0.5) is 11.5 Å². The highest BCUT2D eigenvalue weighted by Crippen LogP contribution is 2.32. The SMILES string of the molecule is Cc1cccn2c(Nc3ccc(C(=O)O)cc3)c(-c3ccc(O)cc3)nc12. The molecule has 0 amide bonds. The van der Waals surface area contributed by atoms with Crippen molar-refractivity contribution < 1.29 is 15.0 Å². The second-order valence-corrected chi connectivity index (χ2v) is 6.25. The number of aromatic hydroxyl groups is 1. The lowest BCUT2D eigenvalue weighted by Gasteiger charge is -2.09. The number of fused-ring (bicyclic) bond motifs is 1. The third kappa shape index (κ3) is 3.08. The van der Waals surface area contributed by atoms with E-state index in [0.29, 0.717) is 0 Å². The molecule has 0 spiro atoms. The summed E-state index contributed by atoms with van der Waals surface area (Å²) in [5, 5.41) is 22.0. The number of carboxylic acids is 1. The fourth-order valence-electron chi connectivity index (χ4n) is 2.98. The molecule has 27 heavy (non-hydrogen) atoms. The van der Waals surface area contributed by atoms with Gasteiger partial charge in [0.25, 0.3) is 0 Å². The van der Waals surface area contributed by atoms with Crippen LogP contribution in [0.2, 0.25) is 0 Å². The zero-order valence-electron chi connectivity index (χ0n) is 14.5. The van der Waals surface area contributed by atoms with Gasteiger partial charge in [-0.25, -0.2) is 9.78 Å². The third-order valence-corrected chi connectivity index (χ3v) is 4.38. The van der Waals surface area contributed by atoms with Crippen LogP contribution in [0.3, 0.4) is 0 Å². The van der Waals surface area contributed by atoms with E-state index in [2.05, 4.69) is 5.32 Å². The van der Waals surface area contributed by atoms with E-state index in [1.54, 1.807) is 36.4 Å². The molecule has 0 atom stereocenters. The standard InChI is InChI=1S/C21H17N3O3/c1-13-3-2-12-24-19(13)23-18(14-6-10-17(25)11-7-14)20(24)22-16-8-4-15(5-9-16)21(26)27/h2-12,22,25H,1H3,(H,26,27). The van der Waals surface area contributed by atoms with Crippen molar-refractivity contribution in [3.63, 3.8) is 0 Å². The average Bonchev–Trinajstić information content (AvgIpc) is 3.03. The number of nitrogens with zero attached hydrogens (tertiary/aromatic N) is 2. The number of aromatic carboxylic acids is 1. The average molecular weight is 359 g/mol. The molecular weight excluding hydrogens is 342 g/mol. The minimum atomic E-state index is -0.961. The fraction of sp³-hybridized carbons (Fsp3) is 0.0476. The Kier molecular flexibility index (Phi) is 4.01. The van der Waals surface area contributed by atoms with E-state index in [-0.39, 0.29) is 11.3 Å². The molecule has 0 aliphatic heterocycles. The van der Waals surface area contributed by atoms with Crippen LogP contribution in [0.5, 0.6) is 5.75 Å². The predicted octanol–water partition coefficient (Wildman–Crippen LogP) is 4.46. The molecule has 0 fully saturated rings. The first-order chi connectivity index (χ1) is 13.0. The fourth-order valence-corrected chi connectivity index (χ4v) is 2.98. The summed E-state index contributed by atoms with van der Waals surface area (Å²) in [4.78, 5) is 15.8. The first kappa shape index (κ1) is 16.7. The number of pyridine rings is 1. The van der Waals surface area contributed by atoms with Crippen LogP contribution in [-0.2, 0) is 0 Å². The largest absolute Gasteiger partial charge is 0.508 e. The summed E-state index contributed by atoms with van der Waals surface area (Å²) < 4.78 is 1.96. The molecule has 0 saturated carbocycles.